The quantitative estimate of drug-likeness (QED) is 0.658. The molecule has 0 saturated carbocycles. The van der Waals surface area contributed by atoms with E-state index in [-0.39, 0.29) is 17.9 Å². The highest BCUT2D eigenvalue weighted by Crippen LogP contribution is 2.26. The van der Waals surface area contributed by atoms with E-state index in [0.717, 1.165) is 11.6 Å². The fourth-order valence-corrected chi connectivity index (χ4v) is 3.26. The Balaban J connectivity index is 1.69. The lowest BCUT2D eigenvalue weighted by molar-refractivity contribution is 0.0462. The van der Waals surface area contributed by atoms with Gasteiger partial charge in [-0.1, -0.05) is 12.1 Å². The molecule has 0 aliphatic rings. The number of benzene rings is 1. The molecule has 0 aliphatic heterocycles. The van der Waals surface area contributed by atoms with Crippen LogP contribution in [0.2, 0.25) is 0 Å². The van der Waals surface area contributed by atoms with Crippen molar-refractivity contribution in [2.75, 3.05) is 0 Å². The van der Waals surface area contributed by atoms with Gasteiger partial charge in [-0.05, 0) is 17.5 Å². The topological polar surface area (TPSA) is 39.2 Å². The molecule has 0 saturated heterocycles. The lowest BCUT2D eigenvalue weighted by Gasteiger charge is -2.04. The second-order valence-electron chi connectivity index (χ2n) is 4.34. The van der Waals surface area contributed by atoms with Gasteiger partial charge < -0.3 is 4.74 Å². The van der Waals surface area contributed by atoms with Crippen LogP contribution in [0.4, 0.5) is 8.78 Å². The summed E-state index contributed by atoms with van der Waals surface area (Å²) in [6, 6.07) is 5.64. The van der Waals surface area contributed by atoms with Crippen molar-refractivity contribution >= 4 is 28.6 Å². The van der Waals surface area contributed by atoms with Crippen LogP contribution < -0.4 is 0 Å². The number of hydrogen-bond acceptors (Lipinski definition) is 5. The molecular formula is C15H9F2NO2S2. The fourth-order valence-electron chi connectivity index (χ4n) is 1.76. The molecule has 3 nitrogen and oxygen atoms in total. The molecule has 3 rings (SSSR count). The van der Waals surface area contributed by atoms with Crippen molar-refractivity contribution < 1.29 is 18.3 Å². The van der Waals surface area contributed by atoms with Gasteiger partial charge in [-0.25, -0.2) is 18.6 Å². The Morgan fingerprint density at radius 1 is 1.23 bits per heavy atom. The summed E-state index contributed by atoms with van der Waals surface area (Å²) >= 11 is 2.86. The molecule has 112 valence electrons. The summed E-state index contributed by atoms with van der Waals surface area (Å²) in [5.41, 5.74) is 1.08. The molecule has 1 aromatic carbocycles. The van der Waals surface area contributed by atoms with Gasteiger partial charge in [0.25, 0.3) is 0 Å². The molecule has 0 atom stereocenters. The van der Waals surface area contributed by atoms with Crippen LogP contribution in [-0.4, -0.2) is 11.0 Å². The highest BCUT2D eigenvalue weighted by molar-refractivity contribution is 7.14. The summed E-state index contributed by atoms with van der Waals surface area (Å²) in [6.07, 6.45) is 0. The summed E-state index contributed by atoms with van der Waals surface area (Å²) in [5.74, 6) is -2.64. The molecule has 7 heteroatoms. The molecule has 0 fully saturated rings. The lowest BCUT2D eigenvalue weighted by atomic mass is 10.2. The number of ether oxygens (including phenoxy) is 1. The number of rotatable bonds is 4. The Labute approximate surface area is 132 Å². The number of halogens is 2. The summed E-state index contributed by atoms with van der Waals surface area (Å²) in [7, 11) is 0. The zero-order valence-corrected chi connectivity index (χ0v) is 12.7. The number of aromatic nitrogens is 1. The van der Waals surface area contributed by atoms with E-state index in [1.807, 2.05) is 16.8 Å². The van der Waals surface area contributed by atoms with Crippen LogP contribution in [0.25, 0.3) is 10.6 Å². The second kappa shape index (κ2) is 6.33. The Hall–Kier alpha value is -2.12. The van der Waals surface area contributed by atoms with Crippen molar-refractivity contribution in [2.45, 2.75) is 6.61 Å². The van der Waals surface area contributed by atoms with Crippen LogP contribution in [-0.2, 0) is 11.3 Å². The molecule has 0 spiro atoms. The SMILES string of the molecule is O=C(OCc1cccc(F)c1F)c1csc(-c2ccsc2)n1. The molecule has 0 unspecified atom stereocenters. The number of carbonyl (C=O) groups excluding carboxylic acids is 1. The third-order valence-corrected chi connectivity index (χ3v) is 4.45. The molecule has 0 amide bonds. The zero-order chi connectivity index (χ0) is 15.5. The molecule has 0 bridgehead atoms. The van der Waals surface area contributed by atoms with E-state index in [2.05, 4.69) is 4.98 Å². The van der Waals surface area contributed by atoms with Crippen molar-refractivity contribution in [1.29, 1.82) is 0 Å². The Morgan fingerprint density at radius 2 is 2.09 bits per heavy atom. The molecule has 22 heavy (non-hydrogen) atoms. The minimum absolute atomic E-state index is 0.0124. The highest BCUT2D eigenvalue weighted by atomic mass is 32.1. The monoisotopic (exact) mass is 337 g/mol. The van der Waals surface area contributed by atoms with Crippen molar-refractivity contribution in [3.8, 4) is 10.6 Å². The van der Waals surface area contributed by atoms with E-state index in [0.29, 0.717) is 5.01 Å². The number of thiophene rings is 1. The van der Waals surface area contributed by atoms with Crippen LogP contribution in [0.3, 0.4) is 0 Å². The number of hydrogen-bond donors (Lipinski definition) is 0. The number of nitrogens with zero attached hydrogens (tertiary/aromatic N) is 1. The van der Waals surface area contributed by atoms with E-state index >= 15 is 0 Å². The molecular weight excluding hydrogens is 328 g/mol. The van der Waals surface area contributed by atoms with Crippen LogP contribution in [0.1, 0.15) is 16.1 Å². The third kappa shape index (κ3) is 3.05. The van der Waals surface area contributed by atoms with Gasteiger partial charge in [0, 0.05) is 21.9 Å². The van der Waals surface area contributed by atoms with E-state index in [1.165, 1.54) is 34.8 Å². The number of esters is 1. The third-order valence-electron chi connectivity index (χ3n) is 2.87. The molecule has 2 aromatic heterocycles. The Bertz CT molecular complexity index is 800. The van der Waals surface area contributed by atoms with Crippen LogP contribution >= 0.6 is 22.7 Å². The maximum Gasteiger partial charge on any atom is 0.358 e. The van der Waals surface area contributed by atoms with E-state index in [9.17, 15) is 13.6 Å². The van der Waals surface area contributed by atoms with E-state index < -0.39 is 17.6 Å². The molecule has 0 aliphatic carbocycles. The normalized spacial score (nSPS) is 10.6. The summed E-state index contributed by atoms with van der Waals surface area (Å²) in [5, 5.41) is 6.14. The molecule has 0 N–H and O–H groups in total. The van der Waals surface area contributed by atoms with Gasteiger partial charge in [0.2, 0.25) is 0 Å². The van der Waals surface area contributed by atoms with Crippen molar-refractivity contribution in [3.05, 3.63) is 63.3 Å². The van der Waals surface area contributed by atoms with Crippen LogP contribution in [0.5, 0.6) is 0 Å². The minimum Gasteiger partial charge on any atom is -0.456 e. The van der Waals surface area contributed by atoms with Gasteiger partial charge >= 0.3 is 5.97 Å². The van der Waals surface area contributed by atoms with Gasteiger partial charge in [-0.2, -0.15) is 11.3 Å². The average Bonchev–Trinajstić information content (AvgIpc) is 3.19. The van der Waals surface area contributed by atoms with Crippen molar-refractivity contribution in [1.82, 2.24) is 4.98 Å². The Morgan fingerprint density at radius 3 is 2.86 bits per heavy atom. The average molecular weight is 337 g/mol. The first-order valence-corrected chi connectivity index (χ1v) is 8.05. The standard InChI is InChI=1S/C15H9F2NO2S2/c16-11-3-1-2-9(13(11)17)6-20-15(19)12-8-22-14(18-12)10-4-5-21-7-10/h1-5,7-8H,6H2. The number of thiazole rings is 1. The first-order chi connectivity index (χ1) is 10.6. The smallest absolute Gasteiger partial charge is 0.358 e. The fraction of sp³-hybridized carbons (Fsp3) is 0.0667. The van der Waals surface area contributed by atoms with Gasteiger partial charge in [-0.15, -0.1) is 11.3 Å². The zero-order valence-electron chi connectivity index (χ0n) is 11.1. The highest BCUT2D eigenvalue weighted by Gasteiger charge is 2.15. The minimum atomic E-state index is -1.01. The molecule has 0 radical (unpaired) electrons. The lowest BCUT2D eigenvalue weighted by Crippen LogP contribution is -2.07. The van der Waals surface area contributed by atoms with Gasteiger partial charge in [0.1, 0.15) is 11.6 Å². The van der Waals surface area contributed by atoms with E-state index in [4.69, 9.17) is 4.74 Å². The van der Waals surface area contributed by atoms with Crippen LogP contribution in [0.15, 0.2) is 40.4 Å². The van der Waals surface area contributed by atoms with E-state index in [1.54, 1.807) is 5.38 Å². The first kappa shape index (κ1) is 14.8. The van der Waals surface area contributed by atoms with Gasteiger partial charge in [0.15, 0.2) is 17.3 Å². The summed E-state index contributed by atoms with van der Waals surface area (Å²) < 4.78 is 31.5. The predicted octanol–water partition coefficient (Wildman–Crippen LogP) is 4.51. The number of carbonyl (C=O) groups is 1. The maximum atomic E-state index is 13.5. The van der Waals surface area contributed by atoms with Gasteiger partial charge in [0.05, 0.1) is 0 Å². The second-order valence-corrected chi connectivity index (χ2v) is 5.98. The van der Waals surface area contributed by atoms with Crippen LogP contribution in [0, 0.1) is 11.6 Å². The van der Waals surface area contributed by atoms with Crippen molar-refractivity contribution in [2.24, 2.45) is 0 Å². The molecule has 3 aromatic rings. The summed E-state index contributed by atoms with van der Waals surface area (Å²) in [4.78, 5) is 16.1. The van der Waals surface area contributed by atoms with Crippen molar-refractivity contribution in [3.63, 3.8) is 0 Å². The summed E-state index contributed by atoms with van der Waals surface area (Å²) in [6.45, 7) is -0.340. The maximum absolute atomic E-state index is 13.5. The molecule has 2 heterocycles. The predicted molar refractivity (Wildman–Crippen MR) is 80.9 cm³/mol. The Kier molecular flexibility index (Phi) is 4.26. The largest absolute Gasteiger partial charge is 0.456 e. The first-order valence-electron chi connectivity index (χ1n) is 6.23. The van der Waals surface area contributed by atoms with Gasteiger partial charge in [-0.3, -0.25) is 0 Å².